The summed E-state index contributed by atoms with van der Waals surface area (Å²) < 4.78 is 108. The van der Waals surface area contributed by atoms with Crippen molar-refractivity contribution < 1.29 is 49.7 Å². The minimum atomic E-state index is -4.97. The minimum absolute atomic E-state index is 0.0942. The van der Waals surface area contributed by atoms with E-state index in [2.05, 4.69) is 35.7 Å². The first-order valence-electron chi connectivity index (χ1n) is 12.0. The van der Waals surface area contributed by atoms with E-state index in [1.165, 1.54) is 6.07 Å². The molecule has 4 heterocycles. The highest BCUT2D eigenvalue weighted by atomic mass is 19.4. The summed E-state index contributed by atoms with van der Waals surface area (Å²) >= 11 is 0. The van der Waals surface area contributed by atoms with Crippen LogP contribution in [0.2, 0.25) is 0 Å². The van der Waals surface area contributed by atoms with Gasteiger partial charge < -0.3 is 20.1 Å². The first-order chi connectivity index (χ1) is 18.8. The van der Waals surface area contributed by atoms with Crippen LogP contribution in [0.15, 0.2) is 18.3 Å². The van der Waals surface area contributed by atoms with Crippen molar-refractivity contribution in [1.82, 2.24) is 30.1 Å². The number of halogens is 7. The average molecular weight is 579 g/mol. The van der Waals surface area contributed by atoms with E-state index in [0.29, 0.717) is 16.6 Å². The number of rotatable bonds is 7. The van der Waals surface area contributed by atoms with Crippen LogP contribution in [0.25, 0.3) is 5.52 Å². The second-order valence-electron chi connectivity index (χ2n) is 10.0. The zero-order valence-electron chi connectivity index (χ0n) is 20.1. The number of hydrogen-bond acceptors (Lipinski definition) is 8. The summed E-state index contributed by atoms with van der Waals surface area (Å²) in [5.41, 5.74) is -1.96. The van der Waals surface area contributed by atoms with Gasteiger partial charge in [-0.1, -0.05) is 0 Å². The van der Waals surface area contributed by atoms with E-state index in [4.69, 9.17) is 9.47 Å². The molecular weight excluding hydrogens is 559 g/mol. The number of hydrogen-bond donors (Lipinski definition) is 3. The molecule has 0 spiro atoms. The molecule has 0 aromatic carbocycles. The van der Waals surface area contributed by atoms with Crippen molar-refractivity contribution in [2.75, 3.05) is 11.9 Å². The SMILES string of the molecule is O=C(NC12CC(C1)C2)O[C@@H]1CO[C@H](c2cc(Nc3nc(C(F)(F)F)cn4nc(COC(F)(F)F)cc34)n[nH]2)[C@@H]1F. The average Bonchev–Trinajstić information content (AvgIpc) is 3.52. The van der Waals surface area contributed by atoms with Gasteiger partial charge >= 0.3 is 18.6 Å². The van der Waals surface area contributed by atoms with Crippen molar-refractivity contribution in [1.29, 1.82) is 0 Å². The van der Waals surface area contributed by atoms with Gasteiger partial charge in [0.15, 0.2) is 29.6 Å². The second-order valence-corrected chi connectivity index (χ2v) is 10.0. The van der Waals surface area contributed by atoms with Crippen molar-refractivity contribution in [3.63, 3.8) is 0 Å². The van der Waals surface area contributed by atoms with Gasteiger partial charge in [-0.05, 0) is 31.2 Å². The molecule has 7 rings (SSSR count). The number of ether oxygens (including phenoxy) is 3. The van der Waals surface area contributed by atoms with Crippen LogP contribution in [-0.2, 0) is 27.0 Å². The molecule has 1 amide bonds. The van der Waals surface area contributed by atoms with Gasteiger partial charge in [0, 0.05) is 11.6 Å². The number of aromatic amines is 1. The number of carbonyl (C=O) groups is 1. The molecule has 3 aromatic heterocycles. The molecule has 3 aliphatic carbocycles. The van der Waals surface area contributed by atoms with E-state index >= 15 is 4.39 Å². The number of nitrogens with one attached hydrogen (secondary N) is 3. The molecule has 0 radical (unpaired) electrons. The predicted molar refractivity (Wildman–Crippen MR) is 118 cm³/mol. The first kappa shape index (κ1) is 26.5. The van der Waals surface area contributed by atoms with Crippen molar-refractivity contribution in [3.05, 3.63) is 35.4 Å². The zero-order chi connectivity index (χ0) is 28.4. The largest absolute Gasteiger partial charge is 0.522 e. The highest BCUT2D eigenvalue weighted by Gasteiger charge is 2.58. The van der Waals surface area contributed by atoms with Gasteiger partial charge in [-0.25, -0.2) is 18.7 Å². The number of alkyl halides is 7. The second kappa shape index (κ2) is 9.18. The lowest BCUT2D eigenvalue weighted by Gasteiger charge is -2.61. The first-order valence-corrected chi connectivity index (χ1v) is 12.0. The summed E-state index contributed by atoms with van der Waals surface area (Å²) in [5.74, 6) is 0.0899. The van der Waals surface area contributed by atoms with E-state index in [-0.39, 0.29) is 34.9 Å². The van der Waals surface area contributed by atoms with Crippen LogP contribution in [-0.4, -0.2) is 61.7 Å². The molecule has 4 aliphatic rings. The van der Waals surface area contributed by atoms with Gasteiger partial charge in [-0.15, -0.1) is 13.2 Å². The van der Waals surface area contributed by atoms with Crippen LogP contribution >= 0.6 is 0 Å². The number of carbonyl (C=O) groups excluding carboxylic acids is 1. The predicted octanol–water partition coefficient (Wildman–Crippen LogP) is 4.31. The number of aromatic nitrogens is 5. The molecule has 0 unspecified atom stereocenters. The van der Waals surface area contributed by atoms with E-state index in [1.54, 1.807) is 0 Å². The maximum Gasteiger partial charge on any atom is 0.522 e. The Morgan fingerprint density at radius 3 is 2.60 bits per heavy atom. The van der Waals surface area contributed by atoms with Crippen LogP contribution in [0.4, 0.5) is 47.2 Å². The number of H-pyrrole nitrogens is 1. The third-order valence-corrected chi connectivity index (χ3v) is 7.08. The molecule has 40 heavy (non-hydrogen) atoms. The van der Waals surface area contributed by atoms with Crippen LogP contribution in [0.5, 0.6) is 0 Å². The van der Waals surface area contributed by atoms with Crippen LogP contribution in [0, 0.1) is 5.92 Å². The maximum atomic E-state index is 15.1. The normalized spacial score (nSPS) is 27.8. The fourth-order valence-corrected chi connectivity index (χ4v) is 5.12. The fraction of sp³-hybridized carbons (Fsp3) is 0.545. The Morgan fingerprint density at radius 1 is 1.20 bits per heavy atom. The van der Waals surface area contributed by atoms with E-state index in [0.717, 1.165) is 25.3 Å². The Bertz CT molecular complexity index is 1420. The van der Waals surface area contributed by atoms with Crippen molar-refractivity contribution in [2.45, 2.75) is 62.3 Å². The van der Waals surface area contributed by atoms with Gasteiger partial charge in [0.05, 0.1) is 24.2 Å². The van der Waals surface area contributed by atoms with Crippen LogP contribution in [0.3, 0.4) is 0 Å². The van der Waals surface area contributed by atoms with Gasteiger partial charge in [0.2, 0.25) is 0 Å². The summed E-state index contributed by atoms with van der Waals surface area (Å²) in [5, 5.41) is 15.4. The smallest absolute Gasteiger partial charge is 0.441 e. The molecule has 4 fully saturated rings. The molecule has 216 valence electrons. The van der Waals surface area contributed by atoms with E-state index in [9.17, 15) is 31.1 Å². The number of anilines is 2. The summed E-state index contributed by atoms with van der Waals surface area (Å²) in [6.45, 7) is -1.27. The molecule has 18 heteroatoms. The Hall–Kier alpha value is -3.67. The Morgan fingerprint density at radius 2 is 1.95 bits per heavy atom. The molecule has 2 bridgehead atoms. The Balaban J connectivity index is 1.16. The molecule has 3 aromatic rings. The van der Waals surface area contributed by atoms with Gasteiger partial charge in [-0.2, -0.15) is 23.4 Å². The topological polar surface area (TPSA) is 128 Å². The molecule has 3 N–H and O–H groups in total. The fourth-order valence-electron chi connectivity index (χ4n) is 5.12. The summed E-state index contributed by atoms with van der Waals surface area (Å²) in [6.07, 6.45) is -11.6. The van der Waals surface area contributed by atoms with Gasteiger partial charge in [0.25, 0.3) is 0 Å². The van der Waals surface area contributed by atoms with E-state index in [1.807, 2.05) is 0 Å². The lowest BCUT2D eigenvalue weighted by Crippen LogP contribution is -2.68. The Labute approximate surface area is 219 Å². The molecule has 11 nitrogen and oxygen atoms in total. The maximum absolute atomic E-state index is 15.1. The zero-order valence-corrected chi connectivity index (χ0v) is 20.1. The van der Waals surface area contributed by atoms with Gasteiger partial charge in [0.1, 0.15) is 18.2 Å². The van der Waals surface area contributed by atoms with Crippen molar-refractivity contribution in [2.24, 2.45) is 5.92 Å². The number of alkyl carbamates (subject to hydrolysis) is 1. The summed E-state index contributed by atoms with van der Waals surface area (Å²) in [6, 6.07) is 2.32. The standard InChI is InChI=1S/C22H20F7N7O4/c23-16-13(40-19(37)32-20-3-9(4-20)5-20)8-38-17(16)11-2-15(34-33-11)31-18-12-1-10(7-39-22(27,28)29)35-36(12)6-14(30-18)21(24,25)26/h1-2,6,9,13,16-17H,3-5,7-8H2,(H,32,37)(H2,30,31,33,34)/t9?,13-,16-,17-,20?/m1/s1. The molecule has 3 atom stereocenters. The quantitative estimate of drug-likeness (QED) is 0.354. The summed E-state index contributed by atoms with van der Waals surface area (Å²) in [4.78, 5) is 15.7. The van der Waals surface area contributed by atoms with Crippen molar-refractivity contribution in [3.8, 4) is 0 Å². The third kappa shape index (κ3) is 5.12. The minimum Gasteiger partial charge on any atom is -0.441 e. The van der Waals surface area contributed by atoms with Crippen molar-refractivity contribution >= 4 is 23.2 Å². The molecule has 1 aliphatic heterocycles. The lowest BCUT2D eigenvalue weighted by atomic mass is 9.50. The van der Waals surface area contributed by atoms with Crippen LogP contribution in [0.1, 0.15) is 42.4 Å². The highest BCUT2D eigenvalue weighted by Crippen LogP contribution is 2.57. The number of fused-ring (bicyclic) bond motifs is 1. The van der Waals surface area contributed by atoms with E-state index < -0.39 is 55.1 Å². The molecular formula is C22H20F7N7O4. The Kier molecular flexibility index (Phi) is 6.10. The molecule has 3 saturated carbocycles. The van der Waals surface area contributed by atoms with Crippen LogP contribution < -0.4 is 10.6 Å². The lowest BCUT2D eigenvalue weighted by molar-refractivity contribution is -0.330. The monoisotopic (exact) mass is 579 g/mol. The third-order valence-electron chi connectivity index (χ3n) is 7.08. The highest BCUT2D eigenvalue weighted by molar-refractivity contribution is 5.73. The van der Waals surface area contributed by atoms with Gasteiger partial charge in [-0.3, -0.25) is 9.84 Å². The number of nitrogens with zero attached hydrogens (tertiary/aromatic N) is 4. The molecule has 1 saturated heterocycles. The number of amides is 1. The summed E-state index contributed by atoms with van der Waals surface area (Å²) in [7, 11) is 0.